The highest BCUT2D eigenvalue weighted by Crippen LogP contribution is 2.36. The zero-order valence-electron chi connectivity index (χ0n) is 11.8. The van der Waals surface area contributed by atoms with E-state index in [9.17, 15) is 10.1 Å². The minimum atomic E-state index is -0.602. The lowest BCUT2D eigenvalue weighted by Gasteiger charge is -2.11. The summed E-state index contributed by atoms with van der Waals surface area (Å²) in [6.45, 7) is 0. The molecule has 0 heterocycles. The molecule has 0 aliphatic rings. The van der Waals surface area contributed by atoms with Crippen LogP contribution in [0.4, 0.5) is 22.7 Å². The van der Waals surface area contributed by atoms with Crippen molar-refractivity contribution in [1.82, 2.24) is 0 Å². The van der Waals surface area contributed by atoms with Gasteiger partial charge in [0.25, 0.3) is 5.69 Å². The minimum Gasteiger partial charge on any atom is -0.378 e. The van der Waals surface area contributed by atoms with Crippen molar-refractivity contribution in [2.45, 2.75) is 0 Å². The van der Waals surface area contributed by atoms with Crippen molar-refractivity contribution in [3.05, 3.63) is 56.6 Å². The molecule has 0 unspecified atom stereocenters. The number of azo groups is 1. The number of rotatable bonds is 4. The Hall–Kier alpha value is -2.18. The van der Waals surface area contributed by atoms with Gasteiger partial charge in [-0.25, -0.2) is 0 Å². The molecule has 2 aromatic carbocycles. The molecule has 0 amide bonds. The molecule has 0 N–H and O–H groups in total. The van der Waals surface area contributed by atoms with Crippen molar-refractivity contribution in [1.29, 1.82) is 0 Å². The Balaban J connectivity index is 2.26. The monoisotopic (exact) mass is 338 g/mol. The average molecular weight is 339 g/mol. The predicted molar refractivity (Wildman–Crippen MR) is 88.1 cm³/mol. The van der Waals surface area contributed by atoms with Crippen LogP contribution in [0.15, 0.2) is 46.6 Å². The molecule has 0 atom stereocenters. The fourth-order valence-electron chi connectivity index (χ4n) is 1.67. The standard InChI is InChI=1S/C14H12Cl2N4O2/c1-19(2)10-5-3-9(4-6-10)17-18-13-7-12(16)14(20(21)22)8-11(13)15/h3-8H,1-2H3. The first kappa shape index (κ1) is 16.2. The molecule has 0 spiro atoms. The number of anilines is 1. The summed E-state index contributed by atoms with van der Waals surface area (Å²) in [5.74, 6) is 0. The van der Waals surface area contributed by atoms with Crippen LogP contribution in [0.5, 0.6) is 0 Å². The van der Waals surface area contributed by atoms with E-state index in [-0.39, 0.29) is 21.4 Å². The molecular weight excluding hydrogens is 327 g/mol. The van der Waals surface area contributed by atoms with Gasteiger partial charge >= 0.3 is 0 Å². The lowest BCUT2D eigenvalue weighted by Crippen LogP contribution is -2.07. The second kappa shape index (κ2) is 6.72. The molecule has 0 saturated heterocycles. The largest absolute Gasteiger partial charge is 0.378 e. The van der Waals surface area contributed by atoms with Crippen molar-refractivity contribution in [3.63, 3.8) is 0 Å². The van der Waals surface area contributed by atoms with Gasteiger partial charge in [0.15, 0.2) is 0 Å². The first-order valence-electron chi connectivity index (χ1n) is 6.21. The van der Waals surface area contributed by atoms with Crippen LogP contribution in [0.1, 0.15) is 0 Å². The molecular formula is C14H12Cl2N4O2. The number of nitro benzene ring substituents is 1. The minimum absolute atomic E-state index is 0.0358. The molecule has 114 valence electrons. The Morgan fingerprint density at radius 1 is 1.05 bits per heavy atom. The Morgan fingerprint density at radius 2 is 1.68 bits per heavy atom. The van der Waals surface area contributed by atoms with Gasteiger partial charge in [-0.05, 0) is 30.3 Å². The molecule has 6 nitrogen and oxygen atoms in total. The Labute approximate surface area is 137 Å². The Bertz CT molecular complexity index is 730. The molecule has 0 aliphatic heterocycles. The van der Waals surface area contributed by atoms with Crippen molar-refractivity contribution >= 4 is 46.0 Å². The first-order chi connectivity index (χ1) is 10.4. The number of nitro groups is 1. The Morgan fingerprint density at radius 3 is 2.23 bits per heavy atom. The topological polar surface area (TPSA) is 71.1 Å². The van der Waals surface area contributed by atoms with Gasteiger partial charge in [0.05, 0.1) is 15.6 Å². The maximum absolute atomic E-state index is 10.8. The summed E-state index contributed by atoms with van der Waals surface area (Å²) >= 11 is 11.8. The number of benzene rings is 2. The van der Waals surface area contributed by atoms with Gasteiger partial charge in [0.1, 0.15) is 10.7 Å². The fourth-order valence-corrected chi connectivity index (χ4v) is 2.09. The van der Waals surface area contributed by atoms with E-state index >= 15 is 0 Å². The lowest BCUT2D eigenvalue weighted by atomic mass is 10.3. The van der Waals surface area contributed by atoms with Crippen LogP contribution in [0, 0.1) is 10.1 Å². The summed E-state index contributed by atoms with van der Waals surface area (Å²) < 4.78 is 0. The van der Waals surface area contributed by atoms with Gasteiger partial charge in [0, 0.05) is 25.8 Å². The van der Waals surface area contributed by atoms with E-state index in [4.69, 9.17) is 23.2 Å². The maximum atomic E-state index is 10.8. The second-order valence-corrected chi connectivity index (χ2v) is 5.44. The molecule has 2 rings (SSSR count). The zero-order chi connectivity index (χ0) is 16.3. The Kier molecular flexibility index (Phi) is 4.95. The van der Waals surface area contributed by atoms with Gasteiger partial charge in [-0.1, -0.05) is 23.2 Å². The molecule has 2 aromatic rings. The van der Waals surface area contributed by atoms with E-state index in [2.05, 4.69) is 10.2 Å². The highest BCUT2D eigenvalue weighted by atomic mass is 35.5. The molecule has 8 heteroatoms. The van der Waals surface area contributed by atoms with Crippen LogP contribution in [0.2, 0.25) is 10.0 Å². The molecule has 0 saturated carbocycles. The molecule has 0 bridgehead atoms. The average Bonchev–Trinajstić information content (AvgIpc) is 2.47. The third-order valence-corrected chi connectivity index (χ3v) is 3.46. The van der Waals surface area contributed by atoms with E-state index in [1.54, 1.807) is 12.1 Å². The van der Waals surface area contributed by atoms with Gasteiger partial charge in [0.2, 0.25) is 0 Å². The van der Waals surface area contributed by atoms with Crippen LogP contribution in [0.25, 0.3) is 0 Å². The summed E-state index contributed by atoms with van der Waals surface area (Å²) in [4.78, 5) is 12.1. The van der Waals surface area contributed by atoms with E-state index < -0.39 is 4.92 Å². The van der Waals surface area contributed by atoms with Crippen molar-refractivity contribution < 1.29 is 4.92 Å². The molecule has 0 aromatic heterocycles. The summed E-state index contributed by atoms with van der Waals surface area (Å²) in [5.41, 5.74) is 1.68. The van der Waals surface area contributed by atoms with Gasteiger partial charge in [-0.2, -0.15) is 5.11 Å². The van der Waals surface area contributed by atoms with E-state index in [0.29, 0.717) is 5.69 Å². The first-order valence-corrected chi connectivity index (χ1v) is 6.96. The van der Waals surface area contributed by atoms with Crippen molar-refractivity contribution in [3.8, 4) is 0 Å². The summed E-state index contributed by atoms with van der Waals surface area (Å²) in [7, 11) is 3.88. The molecule has 0 radical (unpaired) electrons. The number of hydrogen-bond donors (Lipinski definition) is 0. The van der Waals surface area contributed by atoms with Gasteiger partial charge < -0.3 is 4.90 Å². The normalized spacial score (nSPS) is 10.9. The highest BCUT2D eigenvalue weighted by Gasteiger charge is 2.15. The molecule has 0 fully saturated rings. The van der Waals surface area contributed by atoms with Crippen LogP contribution in [-0.4, -0.2) is 19.0 Å². The smallest absolute Gasteiger partial charge is 0.289 e. The fraction of sp³-hybridized carbons (Fsp3) is 0.143. The lowest BCUT2D eigenvalue weighted by molar-refractivity contribution is -0.384. The predicted octanol–water partition coefficient (Wildman–Crippen LogP) is 5.38. The summed E-state index contributed by atoms with van der Waals surface area (Å²) in [6, 6.07) is 9.89. The van der Waals surface area contributed by atoms with Crippen LogP contribution < -0.4 is 4.90 Å². The molecule has 22 heavy (non-hydrogen) atoms. The summed E-state index contributed by atoms with van der Waals surface area (Å²) in [5, 5.41) is 18.9. The second-order valence-electron chi connectivity index (χ2n) is 4.62. The van der Waals surface area contributed by atoms with E-state index in [1.165, 1.54) is 6.07 Å². The number of halogens is 2. The SMILES string of the molecule is CN(C)c1ccc(N=Nc2cc(Cl)c([N+](=O)[O-])cc2Cl)cc1. The summed E-state index contributed by atoms with van der Waals surface area (Å²) in [6.07, 6.45) is 0. The van der Waals surface area contributed by atoms with Crippen molar-refractivity contribution in [2.24, 2.45) is 10.2 Å². The number of nitrogens with zero attached hydrogens (tertiary/aromatic N) is 4. The quantitative estimate of drug-likeness (QED) is 0.426. The third kappa shape index (κ3) is 3.72. The van der Waals surface area contributed by atoms with Crippen LogP contribution in [-0.2, 0) is 0 Å². The zero-order valence-corrected chi connectivity index (χ0v) is 13.3. The maximum Gasteiger partial charge on any atom is 0.289 e. The van der Waals surface area contributed by atoms with E-state index in [0.717, 1.165) is 11.8 Å². The third-order valence-electron chi connectivity index (χ3n) is 2.85. The highest BCUT2D eigenvalue weighted by molar-refractivity contribution is 6.36. The van der Waals surface area contributed by atoms with Gasteiger partial charge in [-0.3, -0.25) is 10.1 Å². The van der Waals surface area contributed by atoms with E-state index in [1.807, 2.05) is 31.1 Å². The van der Waals surface area contributed by atoms with Gasteiger partial charge in [-0.15, -0.1) is 5.11 Å². The van der Waals surface area contributed by atoms with Crippen molar-refractivity contribution in [2.75, 3.05) is 19.0 Å². The number of hydrogen-bond acceptors (Lipinski definition) is 5. The van der Waals surface area contributed by atoms with Crippen LogP contribution >= 0.6 is 23.2 Å². The molecule has 0 aliphatic carbocycles. The van der Waals surface area contributed by atoms with Crippen LogP contribution in [0.3, 0.4) is 0 Å².